The van der Waals surface area contributed by atoms with Crippen molar-refractivity contribution in [3.63, 3.8) is 0 Å². The van der Waals surface area contributed by atoms with Gasteiger partial charge in [0, 0.05) is 0 Å². The van der Waals surface area contributed by atoms with Gasteiger partial charge in [0.15, 0.2) is 11.0 Å². The minimum Gasteiger partial charge on any atom is -0.478 e. The Labute approximate surface area is 125 Å². The molecular weight excluding hydrogens is 318 g/mol. The molecule has 0 aliphatic heterocycles. The van der Waals surface area contributed by atoms with Crippen molar-refractivity contribution in [3.05, 3.63) is 46.6 Å². The number of aromatic nitrogens is 2. The van der Waals surface area contributed by atoms with Gasteiger partial charge >= 0.3 is 5.97 Å². The van der Waals surface area contributed by atoms with Crippen LogP contribution in [-0.4, -0.2) is 29.7 Å². The zero-order valence-corrected chi connectivity index (χ0v) is 12.3. The van der Waals surface area contributed by atoms with E-state index >= 15 is 0 Å². The fraction of sp³-hybridized carbons (Fsp3) is 0.0833. The fourth-order valence-electron chi connectivity index (χ4n) is 1.59. The number of halogens is 1. The highest BCUT2D eigenvalue weighted by Crippen LogP contribution is 2.20. The highest BCUT2D eigenvalue weighted by Gasteiger charge is 2.19. The molecule has 9 heteroatoms. The van der Waals surface area contributed by atoms with E-state index in [1.165, 1.54) is 24.3 Å². The lowest BCUT2D eigenvalue weighted by Gasteiger charge is -2.10. The van der Waals surface area contributed by atoms with Gasteiger partial charge in [0.2, 0.25) is 0 Å². The average molecular weight is 328 g/mol. The van der Waals surface area contributed by atoms with E-state index in [9.17, 15) is 13.2 Å². The molecule has 2 rings (SSSR count). The zero-order chi connectivity index (χ0) is 15.6. The molecule has 0 unspecified atom stereocenters. The number of carboxylic acids is 1. The molecule has 0 spiro atoms. The van der Waals surface area contributed by atoms with Gasteiger partial charge in [-0.2, -0.15) is 0 Å². The second-order valence-electron chi connectivity index (χ2n) is 4.13. The number of aromatic carboxylic acids is 1. The zero-order valence-electron chi connectivity index (χ0n) is 10.7. The van der Waals surface area contributed by atoms with Crippen molar-refractivity contribution in [1.29, 1.82) is 0 Å². The summed E-state index contributed by atoms with van der Waals surface area (Å²) in [7, 11) is -3.97. The third-order valence-electron chi connectivity index (χ3n) is 2.60. The fourth-order valence-corrected chi connectivity index (χ4v) is 2.95. The summed E-state index contributed by atoms with van der Waals surface area (Å²) in [5.41, 5.74) is 0.289. The van der Waals surface area contributed by atoms with Crippen LogP contribution in [0.15, 0.2) is 35.2 Å². The van der Waals surface area contributed by atoms with Crippen LogP contribution in [-0.2, 0) is 10.0 Å². The monoisotopic (exact) mass is 327 g/mol. The van der Waals surface area contributed by atoms with Crippen LogP contribution in [0.2, 0.25) is 5.15 Å². The third-order valence-corrected chi connectivity index (χ3v) is 4.29. The Morgan fingerprint density at radius 1 is 1.24 bits per heavy atom. The molecule has 2 aromatic rings. The summed E-state index contributed by atoms with van der Waals surface area (Å²) in [4.78, 5) is 10.8. The van der Waals surface area contributed by atoms with E-state index in [1.807, 2.05) is 0 Å². The highest BCUT2D eigenvalue weighted by molar-refractivity contribution is 7.92. The predicted octanol–water partition coefficient (Wildman–Crippen LogP) is 1.94. The summed E-state index contributed by atoms with van der Waals surface area (Å²) >= 11 is 5.56. The maximum absolute atomic E-state index is 12.3. The lowest BCUT2D eigenvalue weighted by atomic mass is 10.1. The quantitative estimate of drug-likeness (QED) is 0.888. The molecule has 0 amide bonds. The Morgan fingerprint density at radius 3 is 2.52 bits per heavy atom. The number of carboxylic acid groups (broad SMARTS) is 1. The molecule has 0 saturated heterocycles. The average Bonchev–Trinajstić information content (AvgIpc) is 2.41. The van der Waals surface area contributed by atoms with E-state index in [1.54, 1.807) is 6.92 Å². The first-order chi connectivity index (χ1) is 9.79. The Balaban J connectivity index is 2.41. The van der Waals surface area contributed by atoms with Crippen LogP contribution in [0, 0.1) is 6.92 Å². The van der Waals surface area contributed by atoms with Crippen LogP contribution in [0.1, 0.15) is 15.9 Å². The Hall–Kier alpha value is -2.19. The lowest BCUT2D eigenvalue weighted by Crippen LogP contribution is -2.16. The van der Waals surface area contributed by atoms with Crippen molar-refractivity contribution in [2.45, 2.75) is 11.8 Å². The summed E-state index contributed by atoms with van der Waals surface area (Å²) in [5.74, 6) is -1.22. The molecule has 0 fully saturated rings. The van der Waals surface area contributed by atoms with E-state index in [2.05, 4.69) is 14.9 Å². The second-order valence-corrected chi connectivity index (χ2v) is 6.17. The van der Waals surface area contributed by atoms with Crippen molar-refractivity contribution < 1.29 is 18.3 Å². The largest absolute Gasteiger partial charge is 0.478 e. The summed E-state index contributed by atoms with van der Waals surface area (Å²) in [5, 5.41) is 16.2. The topological polar surface area (TPSA) is 109 Å². The third kappa shape index (κ3) is 3.47. The van der Waals surface area contributed by atoms with E-state index in [4.69, 9.17) is 16.7 Å². The normalized spacial score (nSPS) is 11.1. The molecule has 7 nitrogen and oxygen atoms in total. The van der Waals surface area contributed by atoms with Crippen LogP contribution < -0.4 is 4.72 Å². The molecule has 0 saturated carbocycles. The van der Waals surface area contributed by atoms with Gasteiger partial charge < -0.3 is 5.11 Å². The SMILES string of the molecule is Cc1ccc(C(=O)O)cc1S(=O)(=O)Nc1ccc(Cl)nn1. The molecule has 1 heterocycles. The van der Waals surface area contributed by atoms with Crippen molar-refractivity contribution in [1.82, 2.24) is 10.2 Å². The molecule has 1 aromatic heterocycles. The number of sulfonamides is 1. The van der Waals surface area contributed by atoms with E-state index in [-0.39, 0.29) is 21.4 Å². The van der Waals surface area contributed by atoms with Gasteiger partial charge in [-0.25, -0.2) is 13.2 Å². The molecule has 2 N–H and O–H groups in total. The number of nitrogens with one attached hydrogen (secondary N) is 1. The summed E-state index contributed by atoms with van der Waals surface area (Å²) in [6.45, 7) is 1.56. The first kappa shape index (κ1) is 15.2. The molecule has 110 valence electrons. The maximum Gasteiger partial charge on any atom is 0.335 e. The number of hydrogen-bond acceptors (Lipinski definition) is 5. The van der Waals surface area contributed by atoms with Crippen molar-refractivity contribution in [3.8, 4) is 0 Å². The lowest BCUT2D eigenvalue weighted by molar-refractivity contribution is 0.0696. The highest BCUT2D eigenvalue weighted by atomic mass is 35.5. The molecule has 0 aliphatic carbocycles. The maximum atomic E-state index is 12.3. The summed E-state index contributed by atoms with van der Waals surface area (Å²) in [6, 6.07) is 6.57. The standard InChI is InChI=1S/C12H10ClN3O4S/c1-7-2-3-8(12(17)18)6-9(7)21(19,20)16-11-5-4-10(13)14-15-11/h2-6H,1H3,(H,15,16)(H,17,18). The van der Waals surface area contributed by atoms with E-state index < -0.39 is 16.0 Å². The van der Waals surface area contributed by atoms with Gasteiger partial charge in [-0.3, -0.25) is 4.72 Å². The number of rotatable bonds is 4. The number of nitrogens with zero attached hydrogens (tertiary/aromatic N) is 2. The van der Waals surface area contributed by atoms with Crippen LogP contribution in [0.4, 0.5) is 5.82 Å². The number of anilines is 1. The summed E-state index contributed by atoms with van der Waals surface area (Å²) in [6.07, 6.45) is 0. The molecule has 1 aromatic carbocycles. The second kappa shape index (κ2) is 5.66. The van der Waals surface area contributed by atoms with Crippen LogP contribution in [0.3, 0.4) is 0 Å². The molecule has 0 atom stereocenters. The molecule has 21 heavy (non-hydrogen) atoms. The van der Waals surface area contributed by atoms with Crippen LogP contribution in [0.5, 0.6) is 0 Å². The minimum atomic E-state index is -3.97. The number of aryl methyl sites for hydroxylation is 1. The summed E-state index contributed by atoms with van der Waals surface area (Å²) < 4.78 is 26.8. The number of benzene rings is 1. The van der Waals surface area contributed by atoms with Gasteiger partial charge in [0.1, 0.15) is 0 Å². The van der Waals surface area contributed by atoms with Crippen LogP contribution >= 0.6 is 11.6 Å². The molecular formula is C12H10ClN3O4S. The predicted molar refractivity (Wildman–Crippen MR) is 76.0 cm³/mol. The van der Waals surface area contributed by atoms with Crippen molar-refractivity contribution in [2.75, 3.05) is 4.72 Å². The van der Waals surface area contributed by atoms with Crippen molar-refractivity contribution >= 4 is 33.4 Å². The van der Waals surface area contributed by atoms with E-state index in [0.29, 0.717) is 5.56 Å². The Kier molecular flexibility index (Phi) is 4.10. The van der Waals surface area contributed by atoms with Gasteiger partial charge in [0.25, 0.3) is 10.0 Å². The number of carbonyl (C=O) groups is 1. The molecule has 0 radical (unpaired) electrons. The van der Waals surface area contributed by atoms with Gasteiger partial charge in [0.05, 0.1) is 10.5 Å². The Morgan fingerprint density at radius 2 is 1.95 bits per heavy atom. The van der Waals surface area contributed by atoms with Crippen molar-refractivity contribution in [2.24, 2.45) is 0 Å². The first-order valence-corrected chi connectivity index (χ1v) is 7.52. The Bertz CT molecular complexity index is 791. The smallest absolute Gasteiger partial charge is 0.335 e. The molecule has 0 aliphatic rings. The van der Waals surface area contributed by atoms with Gasteiger partial charge in [-0.15, -0.1) is 10.2 Å². The van der Waals surface area contributed by atoms with Gasteiger partial charge in [-0.05, 0) is 36.8 Å². The van der Waals surface area contributed by atoms with Gasteiger partial charge in [-0.1, -0.05) is 17.7 Å². The number of hydrogen-bond donors (Lipinski definition) is 2. The van der Waals surface area contributed by atoms with E-state index in [0.717, 1.165) is 6.07 Å². The van der Waals surface area contributed by atoms with Crippen LogP contribution in [0.25, 0.3) is 0 Å². The first-order valence-electron chi connectivity index (χ1n) is 5.65. The molecule has 0 bridgehead atoms. The minimum absolute atomic E-state index is 0.0143.